The summed E-state index contributed by atoms with van der Waals surface area (Å²) in [6.07, 6.45) is 3.54. The van der Waals surface area contributed by atoms with E-state index in [0.717, 1.165) is 22.3 Å². The maximum absolute atomic E-state index is 13.2. The maximum Gasteiger partial charge on any atom is 0.335 e. The number of hydrogen-bond acceptors (Lipinski definition) is 4. The standard InChI is InChI=1S/C19H18N4O4/c1-3-22-16-12(9-21-17-15(16)4-5-20-17)10-23(19(22)26)13-6-11(18(24)25)7-14(8-13)27-2/h4-9H,3,10H2,1-2H3,(H,20,21)(H,24,25). The zero-order valence-electron chi connectivity index (χ0n) is 14.9. The molecule has 0 saturated carbocycles. The highest BCUT2D eigenvalue weighted by molar-refractivity contribution is 6.11. The molecular formula is C19H18N4O4. The number of pyridine rings is 1. The van der Waals surface area contributed by atoms with Gasteiger partial charge in [-0.2, -0.15) is 0 Å². The number of aromatic nitrogens is 2. The van der Waals surface area contributed by atoms with Crippen LogP contribution in [0.25, 0.3) is 11.0 Å². The van der Waals surface area contributed by atoms with Gasteiger partial charge in [-0.3, -0.25) is 9.80 Å². The first-order valence-corrected chi connectivity index (χ1v) is 8.49. The fraction of sp³-hybridized carbons (Fsp3) is 0.211. The predicted octanol–water partition coefficient (Wildman–Crippen LogP) is 3.24. The Morgan fingerprint density at radius 3 is 2.89 bits per heavy atom. The Labute approximate surface area is 155 Å². The van der Waals surface area contributed by atoms with E-state index in [1.165, 1.54) is 19.2 Å². The number of methoxy groups -OCH3 is 1. The van der Waals surface area contributed by atoms with E-state index in [4.69, 9.17) is 4.74 Å². The van der Waals surface area contributed by atoms with Gasteiger partial charge in [0.2, 0.25) is 0 Å². The van der Waals surface area contributed by atoms with E-state index in [1.807, 2.05) is 13.0 Å². The maximum atomic E-state index is 13.2. The normalized spacial score (nSPS) is 13.8. The second-order valence-electron chi connectivity index (χ2n) is 6.21. The summed E-state index contributed by atoms with van der Waals surface area (Å²) in [4.78, 5) is 35.3. The van der Waals surface area contributed by atoms with Crippen molar-refractivity contribution in [3.05, 3.63) is 47.8 Å². The highest BCUT2D eigenvalue weighted by Crippen LogP contribution is 2.37. The average Bonchev–Trinajstić information content (AvgIpc) is 3.16. The van der Waals surface area contributed by atoms with E-state index in [2.05, 4.69) is 9.97 Å². The smallest absolute Gasteiger partial charge is 0.335 e. The number of carboxylic acid groups (broad SMARTS) is 1. The highest BCUT2D eigenvalue weighted by Gasteiger charge is 2.33. The number of rotatable bonds is 4. The van der Waals surface area contributed by atoms with E-state index >= 15 is 0 Å². The summed E-state index contributed by atoms with van der Waals surface area (Å²) in [7, 11) is 1.46. The lowest BCUT2D eigenvalue weighted by molar-refractivity contribution is 0.0696. The largest absolute Gasteiger partial charge is 0.497 e. The molecule has 0 bridgehead atoms. The van der Waals surface area contributed by atoms with Crippen LogP contribution in [0.2, 0.25) is 0 Å². The van der Waals surface area contributed by atoms with E-state index in [-0.39, 0.29) is 11.6 Å². The van der Waals surface area contributed by atoms with Crippen LogP contribution in [0.4, 0.5) is 16.2 Å². The SMILES string of the molecule is CCN1C(=O)N(c2cc(OC)cc(C(=O)O)c2)Cc2cnc3[nH]ccc3c21. The van der Waals surface area contributed by atoms with Gasteiger partial charge in [-0.25, -0.2) is 14.6 Å². The van der Waals surface area contributed by atoms with Crippen LogP contribution < -0.4 is 14.5 Å². The molecule has 3 heterocycles. The Morgan fingerprint density at radius 2 is 2.19 bits per heavy atom. The van der Waals surface area contributed by atoms with E-state index in [1.54, 1.807) is 28.3 Å². The Bertz CT molecular complexity index is 1060. The molecule has 2 amide bonds. The molecule has 0 saturated heterocycles. The molecule has 2 N–H and O–H groups in total. The summed E-state index contributed by atoms with van der Waals surface area (Å²) in [5, 5.41) is 10.2. The molecule has 2 aromatic heterocycles. The van der Waals surface area contributed by atoms with Crippen LogP contribution in [0.5, 0.6) is 5.75 Å². The number of aromatic carboxylic acids is 1. The average molecular weight is 366 g/mol. The number of carbonyl (C=O) groups is 2. The molecule has 1 aromatic carbocycles. The van der Waals surface area contributed by atoms with E-state index in [0.29, 0.717) is 24.5 Å². The Hall–Kier alpha value is -3.55. The third kappa shape index (κ3) is 2.66. The molecule has 0 aliphatic carbocycles. The predicted molar refractivity (Wildman–Crippen MR) is 101 cm³/mol. The first kappa shape index (κ1) is 16.9. The molecule has 4 rings (SSSR count). The van der Waals surface area contributed by atoms with E-state index < -0.39 is 5.97 Å². The molecule has 1 aliphatic heterocycles. The van der Waals surface area contributed by atoms with Gasteiger partial charge >= 0.3 is 12.0 Å². The molecule has 27 heavy (non-hydrogen) atoms. The lowest BCUT2D eigenvalue weighted by Gasteiger charge is -2.37. The van der Waals surface area contributed by atoms with Crippen LogP contribution in [0.15, 0.2) is 36.7 Å². The number of nitrogens with zero attached hydrogens (tertiary/aromatic N) is 3. The Balaban J connectivity index is 1.85. The fourth-order valence-electron chi connectivity index (χ4n) is 3.42. The number of urea groups is 1. The van der Waals surface area contributed by atoms with Gasteiger partial charge in [0, 0.05) is 36.0 Å². The topological polar surface area (TPSA) is 98.8 Å². The molecule has 3 aromatic rings. The molecule has 0 spiro atoms. The molecule has 138 valence electrons. The number of aromatic amines is 1. The van der Waals surface area contributed by atoms with Crippen molar-refractivity contribution in [3.63, 3.8) is 0 Å². The quantitative estimate of drug-likeness (QED) is 0.739. The van der Waals surface area contributed by atoms with Gasteiger partial charge in [0.25, 0.3) is 0 Å². The van der Waals surface area contributed by atoms with Crippen LogP contribution in [0.3, 0.4) is 0 Å². The first-order valence-electron chi connectivity index (χ1n) is 8.49. The van der Waals surface area contributed by atoms with Gasteiger partial charge in [0.1, 0.15) is 11.4 Å². The van der Waals surface area contributed by atoms with Gasteiger partial charge in [-0.1, -0.05) is 0 Å². The molecular weight excluding hydrogens is 348 g/mol. The van der Waals surface area contributed by atoms with Crippen LogP contribution in [0, 0.1) is 0 Å². The lowest BCUT2D eigenvalue weighted by atomic mass is 10.1. The number of carboxylic acids is 1. The fourth-order valence-corrected chi connectivity index (χ4v) is 3.42. The van der Waals surface area contributed by atoms with Gasteiger partial charge in [0.15, 0.2) is 0 Å². The van der Waals surface area contributed by atoms with Crippen molar-refractivity contribution in [1.82, 2.24) is 9.97 Å². The van der Waals surface area contributed by atoms with Gasteiger partial charge in [-0.05, 0) is 25.1 Å². The molecule has 8 heteroatoms. The number of ether oxygens (including phenoxy) is 1. The van der Waals surface area contributed by atoms with Crippen molar-refractivity contribution >= 4 is 34.4 Å². The Morgan fingerprint density at radius 1 is 1.37 bits per heavy atom. The second-order valence-corrected chi connectivity index (χ2v) is 6.21. The minimum atomic E-state index is -1.08. The number of carbonyl (C=O) groups excluding carboxylic acids is 1. The van der Waals surface area contributed by atoms with Crippen molar-refractivity contribution in [2.75, 3.05) is 23.5 Å². The van der Waals surface area contributed by atoms with Crippen molar-refractivity contribution in [2.45, 2.75) is 13.5 Å². The zero-order valence-corrected chi connectivity index (χ0v) is 14.9. The molecule has 1 aliphatic rings. The molecule has 0 radical (unpaired) electrons. The van der Waals surface area contributed by atoms with Crippen molar-refractivity contribution in [3.8, 4) is 5.75 Å². The minimum absolute atomic E-state index is 0.0604. The summed E-state index contributed by atoms with van der Waals surface area (Å²) in [6, 6.07) is 6.25. The zero-order chi connectivity index (χ0) is 19.1. The third-order valence-corrected chi connectivity index (χ3v) is 4.70. The molecule has 8 nitrogen and oxygen atoms in total. The van der Waals surface area contributed by atoms with Gasteiger partial charge < -0.3 is 14.8 Å². The third-order valence-electron chi connectivity index (χ3n) is 4.70. The lowest BCUT2D eigenvalue weighted by Crippen LogP contribution is -2.47. The van der Waals surface area contributed by atoms with Crippen LogP contribution in [-0.2, 0) is 6.54 Å². The van der Waals surface area contributed by atoms with Gasteiger partial charge in [0.05, 0.1) is 30.6 Å². The number of fused-ring (bicyclic) bond motifs is 3. The number of H-pyrrole nitrogens is 1. The summed E-state index contributed by atoms with van der Waals surface area (Å²) < 4.78 is 5.21. The monoisotopic (exact) mass is 366 g/mol. The highest BCUT2D eigenvalue weighted by atomic mass is 16.5. The Kier molecular flexibility index (Phi) is 3.95. The molecule has 0 fully saturated rings. The summed E-state index contributed by atoms with van der Waals surface area (Å²) in [5.41, 5.74) is 2.98. The summed E-state index contributed by atoms with van der Waals surface area (Å²) in [6.45, 7) is 2.67. The second kappa shape index (κ2) is 6.31. The number of benzene rings is 1. The summed E-state index contributed by atoms with van der Waals surface area (Å²) >= 11 is 0. The number of anilines is 2. The van der Waals surface area contributed by atoms with Crippen molar-refractivity contribution in [1.29, 1.82) is 0 Å². The number of hydrogen-bond donors (Lipinski definition) is 2. The number of nitrogens with one attached hydrogen (secondary N) is 1. The minimum Gasteiger partial charge on any atom is -0.497 e. The van der Waals surface area contributed by atoms with Crippen molar-refractivity contribution < 1.29 is 19.4 Å². The number of amides is 2. The van der Waals surface area contributed by atoms with Gasteiger partial charge in [-0.15, -0.1) is 0 Å². The van der Waals surface area contributed by atoms with Crippen LogP contribution >= 0.6 is 0 Å². The van der Waals surface area contributed by atoms with Crippen LogP contribution in [0.1, 0.15) is 22.8 Å². The summed E-state index contributed by atoms with van der Waals surface area (Å²) in [5.74, 6) is -0.700. The molecule has 0 atom stereocenters. The first-order chi connectivity index (χ1) is 13.0. The molecule has 0 unspecified atom stereocenters. The van der Waals surface area contributed by atoms with E-state index in [9.17, 15) is 14.7 Å². The van der Waals surface area contributed by atoms with Crippen molar-refractivity contribution in [2.24, 2.45) is 0 Å². The van der Waals surface area contributed by atoms with Crippen LogP contribution in [-0.4, -0.2) is 40.7 Å².